The summed E-state index contributed by atoms with van der Waals surface area (Å²) < 4.78 is 23.6. The Balaban J connectivity index is 2.51. The molecule has 18 heavy (non-hydrogen) atoms. The van der Waals surface area contributed by atoms with Crippen LogP contribution in [0, 0.1) is 0 Å². The largest absolute Gasteiger partial charge is 0.363 e. The van der Waals surface area contributed by atoms with E-state index in [0.29, 0.717) is 0 Å². The van der Waals surface area contributed by atoms with Gasteiger partial charge in [-0.25, -0.2) is 8.42 Å². The zero-order chi connectivity index (χ0) is 13.6. The quantitative estimate of drug-likeness (QED) is 0.644. The standard InChI is InChI=1S/C11H10Br3NO2S/c1-10(18(16,17)11(12,13)14)7-6-8-4-2-3-5-9(8)15-10/h2-7,15H,1H3. The fourth-order valence-electron chi connectivity index (χ4n) is 1.71. The average Bonchev–Trinajstić information content (AvgIpc) is 2.27. The Labute approximate surface area is 131 Å². The van der Waals surface area contributed by atoms with Crippen molar-refractivity contribution in [3.63, 3.8) is 0 Å². The first kappa shape index (κ1) is 14.6. The van der Waals surface area contributed by atoms with Gasteiger partial charge in [-0.2, -0.15) is 0 Å². The molecule has 0 aromatic heterocycles. The zero-order valence-corrected chi connectivity index (χ0v) is 14.9. The van der Waals surface area contributed by atoms with E-state index in [2.05, 4.69) is 53.1 Å². The normalized spacial score (nSPS) is 23.3. The molecule has 1 atom stereocenters. The van der Waals surface area contributed by atoms with E-state index in [1.165, 1.54) is 0 Å². The molecule has 1 N–H and O–H groups in total. The molecule has 7 heteroatoms. The highest BCUT2D eigenvalue weighted by molar-refractivity contribution is 9.42. The van der Waals surface area contributed by atoms with Gasteiger partial charge in [-0.05, 0) is 72.4 Å². The van der Waals surface area contributed by atoms with Gasteiger partial charge in [-0.15, -0.1) is 0 Å². The predicted molar refractivity (Wildman–Crippen MR) is 85.9 cm³/mol. The Kier molecular flexibility index (Phi) is 3.73. The second-order valence-electron chi connectivity index (χ2n) is 4.10. The molecule has 0 saturated carbocycles. The molecule has 1 heterocycles. The van der Waals surface area contributed by atoms with E-state index in [4.69, 9.17) is 0 Å². The average molecular weight is 460 g/mol. The minimum absolute atomic E-state index is 0.794. The smallest absolute Gasteiger partial charge is 0.237 e. The van der Waals surface area contributed by atoms with Crippen LogP contribution < -0.4 is 5.32 Å². The van der Waals surface area contributed by atoms with E-state index >= 15 is 0 Å². The Bertz CT molecular complexity index is 607. The third-order valence-electron chi connectivity index (χ3n) is 2.79. The molecule has 0 spiro atoms. The van der Waals surface area contributed by atoms with Crippen molar-refractivity contribution in [3.05, 3.63) is 35.9 Å². The summed E-state index contributed by atoms with van der Waals surface area (Å²) in [6.07, 6.45) is 3.45. The Hall–Kier alpha value is 0.150. The van der Waals surface area contributed by atoms with Gasteiger partial charge in [0.25, 0.3) is 0 Å². The molecule has 0 radical (unpaired) electrons. The summed E-state index contributed by atoms with van der Waals surface area (Å²) in [5.41, 5.74) is 1.76. The summed E-state index contributed by atoms with van der Waals surface area (Å²) in [4.78, 5) is -1.20. The third-order valence-corrected chi connectivity index (χ3v) is 8.59. The second kappa shape index (κ2) is 4.61. The lowest BCUT2D eigenvalue weighted by atomic mass is 10.1. The maximum absolute atomic E-state index is 12.5. The molecule has 1 aliphatic heterocycles. The molecule has 1 aromatic rings. The van der Waals surface area contributed by atoms with Crippen LogP contribution in [0.25, 0.3) is 6.08 Å². The monoisotopic (exact) mass is 457 g/mol. The van der Waals surface area contributed by atoms with Gasteiger partial charge >= 0.3 is 0 Å². The second-order valence-corrected chi connectivity index (χ2v) is 14.9. The number of rotatable bonds is 1. The highest BCUT2D eigenvalue weighted by atomic mass is 80.0. The number of hydrogen-bond acceptors (Lipinski definition) is 3. The minimum atomic E-state index is -3.59. The fourth-order valence-corrected chi connectivity index (χ4v) is 5.71. The van der Waals surface area contributed by atoms with Crippen LogP contribution in [0.1, 0.15) is 12.5 Å². The van der Waals surface area contributed by atoms with Gasteiger partial charge in [0.15, 0.2) is 4.87 Å². The van der Waals surface area contributed by atoms with Gasteiger partial charge in [-0.3, -0.25) is 0 Å². The third kappa shape index (κ3) is 2.30. The van der Waals surface area contributed by atoms with Gasteiger partial charge in [0.1, 0.15) is 0 Å². The van der Waals surface area contributed by atoms with Crippen LogP contribution in [-0.4, -0.2) is 14.8 Å². The van der Waals surface area contributed by atoms with E-state index in [-0.39, 0.29) is 0 Å². The van der Waals surface area contributed by atoms with Gasteiger partial charge in [0, 0.05) is 5.69 Å². The minimum Gasteiger partial charge on any atom is -0.363 e. The molecule has 0 amide bonds. The van der Waals surface area contributed by atoms with Crippen LogP contribution in [0.3, 0.4) is 0 Å². The Morgan fingerprint density at radius 1 is 1.22 bits per heavy atom. The number of para-hydroxylation sites is 1. The molecule has 98 valence electrons. The summed E-state index contributed by atoms with van der Waals surface area (Å²) >= 11 is 9.25. The van der Waals surface area contributed by atoms with Crippen molar-refractivity contribution in [2.24, 2.45) is 0 Å². The topological polar surface area (TPSA) is 46.2 Å². The lowest BCUT2D eigenvalue weighted by Gasteiger charge is -2.35. The molecule has 1 aromatic carbocycles. The zero-order valence-electron chi connectivity index (χ0n) is 9.32. The van der Waals surface area contributed by atoms with Crippen LogP contribution >= 0.6 is 47.8 Å². The number of benzene rings is 1. The lowest BCUT2D eigenvalue weighted by molar-refractivity contribution is 0.577. The van der Waals surface area contributed by atoms with Gasteiger partial charge in [-0.1, -0.05) is 24.3 Å². The molecule has 2 rings (SSSR count). The van der Waals surface area contributed by atoms with Crippen molar-refractivity contribution in [1.82, 2.24) is 0 Å². The van der Waals surface area contributed by atoms with Crippen molar-refractivity contribution >= 4 is 69.4 Å². The van der Waals surface area contributed by atoms with Crippen LogP contribution in [0.15, 0.2) is 30.3 Å². The molecule has 3 nitrogen and oxygen atoms in total. The lowest BCUT2D eigenvalue weighted by Crippen LogP contribution is -2.47. The molecule has 0 fully saturated rings. The summed E-state index contributed by atoms with van der Waals surface area (Å²) in [7, 11) is -3.59. The van der Waals surface area contributed by atoms with Crippen molar-refractivity contribution in [1.29, 1.82) is 0 Å². The van der Waals surface area contributed by atoms with Gasteiger partial charge in [0.05, 0.1) is 0 Å². The van der Waals surface area contributed by atoms with Gasteiger partial charge < -0.3 is 5.32 Å². The van der Waals surface area contributed by atoms with Crippen LogP contribution in [-0.2, 0) is 9.84 Å². The summed E-state index contributed by atoms with van der Waals surface area (Å²) in [5.74, 6) is 0. The Morgan fingerprint density at radius 3 is 2.44 bits per heavy atom. The van der Waals surface area contributed by atoms with Gasteiger partial charge in [0.2, 0.25) is 11.3 Å². The fraction of sp³-hybridized carbons (Fsp3) is 0.273. The molecule has 1 aliphatic rings. The first-order chi connectivity index (χ1) is 8.17. The molecule has 0 saturated heterocycles. The first-order valence-electron chi connectivity index (χ1n) is 5.05. The van der Waals surface area contributed by atoms with Crippen molar-refractivity contribution in [2.45, 2.75) is 13.3 Å². The van der Waals surface area contributed by atoms with E-state index in [0.717, 1.165) is 11.3 Å². The number of halogens is 3. The number of fused-ring (bicyclic) bond motifs is 1. The maximum Gasteiger partial charge on any atom is 0.237 e. The van der Waals surface area contributed by atoms with Crippen LogP contribution in [0.5, 0.6) is 0 Å². The molecular weight excluding hydrogens is 450 g/mol. The predicted octanol–water partition coefficient (Wildman–Crippen LogP) is 4.05. The van der Waals surface area contributed by atoms with Crippen LogP contribution in [0.4, 0.5) is 5.69 Å². The number of anilines is 1. The molecular formula is C11H10Br3NO2S. The highest BCUT2D eigenvalue weighted by Crippen LogP contribution is 2.47. The molecule has 0 bridgehead atoms. The summed E-state index contributed by atoms with van der Waals surface area (Å²) in [6.45, 7) is 1.62. The van der Waals surface area contributed by atoms with E-state index < -0.39 is 16.2 Å². The summed E-state index contributed by atoms with van der Waals surface area (Å²) in [6, 6.07) is 7.55. The highest BCUT2D eigenvalue weighted by Gasteiger charge is 2.50. The Morgan fingerprint density at radius 2 is 1.83 bits per heavy atom. The number of nitrogens with one attached hydrogen (secondary N) is 1. The van der Waals surface area contributed by atoms with Crippen LogP contribution in [0.2, 0.25) is 0 Å². The number of alkyl halides is 3. The van der Waals surface area contributed by atoms with E-state index in [1.807, 2.05) is 30.3 Å². The van der Waals surface area contributed by atoms with Crippen molar-refractivity contribution in [2.75, 3.05) is 5.32 Å². The number of hydrogen-bond donors (Lipinski definition) is 1. The molecule has 0 aliphatic carbocycles. The molecule has 1 unspecified atom stereocenters. The van der Waals surface area contributed by atoms with E-state index in [9.17, 15) is 8.42 Å². The maximum atomic E-state index is 12.5. The van der Waals surface area contributed by atoms with Crippen molar-refractivity contribution in [3.8, 4) is 0 Å². The van der Waals surface area contributed by atoms with Crippen molar-refractivity contribution < 1.29 is 8.42 Å². The number of sulfone groups is 1. The SMILES string of the molecule is CC1(S(=O)(=O)C(Br)(Br)Br)C=Cc2ccccc2N1. The van der Waals surface area contributed by atoms with E-state index in [1.54, 1.807) is 13.0 Å². The first-order valence-corrected chi connectivity index (χ1v) is 8.91. The summed E-state index contributed by atoms with van der Waals surface area (Å²) in [5, 5.41) is 3.06.